The molecular weight excluding hydrogens is 412 g/mol. The van der Waals surface area contributed by atoms with E-state index in [2.05, 4.69) is 4.98 Å². The van der Waals surface area contributed by atoms with Gasteiger partial charge in [-0.05, 0) is 17.7 Å². The van der Waals surface area contributed by atoms with Crippen LogP contribution in [0.4, 0.5) is 5.69 Å². The van der Waals surface area contributed by atoms with E-state index in [1.165, 1.54) is 26.0 Å². The average Bonchev–Trinajstić information content (AvgIpc) is 2.68. The van der Waals surface area contributed by atoms with Gasteiger partial charge in [0, 0.05) is 39.8 Å². The maximum atomic E-state index is 11.8. The van der Waals surface area contributed by atoms with Gasteiger partial charge in [-0.25, -0.2) is 0 Å². The number of hydrogen-bond donors (Lipinski definition) is 0. The molecule has 0 N–H and O–H groups in total. The molecule has 0 saturated carbocycles. The molecule has 5 atom stereocenters. The number of diazo groups is 1. The first kappa shape index (κ1) is 23.8. The maximum Gasteiger partial charge on any atom is 0.385 e. The molecule has 0 spiro atoms. The van der Waals surface area contributed by atoms with Gasteiger partial charge in [-0.2, -0.15) is 0 Å². The van der Waals surface area contributed by atoms with Gasteiger partial charge in [-0.15, -0.1) is 0 Å². The van der Waals surface area contributed by atoms with Crippen molar-refractivity contribution in [1.82, 2.24) is 0 Å². The second-order valence-corrected chi connectivity index (χ2v) is 6.81. The Kier molecular flexibility index (Phi) is 8.04. The van der Waals surface area contributed by atoms with Crippen molar-refractivity contribution < 1.29 is 42.9 Å². The van der Waals surface area contributed by atoms with Gasteiger partial charge in [-0.1, -0.05) is 0 Å². The van der Waals surface area contributed by atoms with Crippen LogP contribution in [0.3, 0.4) is 0 Å². The minimum absolute atomic E-state index is 0.273. The van der Waals surface area contributed by atoms with Crippen molar-refractivity contribution in [2.45, 2.75) is 58.2 Å². The summed E-state index contributed by atoms with van der Waals surface area (Å²) < 4.78 is 27.1. The van der Waals surface area contributed by atoms with Crippen LogP contribution in [0.25, 0.3) is 4.98 Å². The Morgan fingerprint density at radius 3 is 1.84 bits per heavy atom. The number of esters is 4. The molecular formula is C20H23N2O9+. The van der Waals surface area contributed by atoms with Gasteiger partial charge in [0.15, 0.2) is 23.3 Å². The molecule has 1 aliphatic rings. The molecule has 1 saturated heterocycles. The van der Waals surface area contributed by atoms with Crippen LogP contribution in [0, 0.1) is 5.39 Å². The van der Waals surface area contributed by atoms with Crippen LogP contribution in [0.15, 0.2) is 24.3 Å². The lowest BCUT2D eigenvalue weighted by atomic mass is 9.90. The second-order valence-electron chi connectivity index (χ2n) is 6.81. The van der Waals surface area contributed by atoms with Gasteiger partial charge in [0.2, 0.25) is 5.39 Å². The highest BCUT2D eigenvalue weighted by atomic mass is 16.7. The molecule has 0 amide bonds. The van der Waals surface area contributed by atoms with Gasteiger partial charge in [0.1, 0.15) is 18.8 Å². The summed E-state index contributed by atoms with van der Waals surface area (Å²) in [5, 5.41) is 8.90. The number of nitrogens with zero attached hydrogens (tertiary/aromatic N) is 2. The highest BCUT2D eigenvalue weighted by Crippen LogP contribution is 2.38. The first-order valence-corrected chi connectivity index (χ1v) is 9.38. The fourth-order valence-corrected chi connectivity index (χ4v) is 3.23. The van der Waals surface area contributed by atoms with E-state index in [4.69, 9.17) is 29.1 Å². The molecule has 1 heterocycles. The van der Waals surface area contributed by atoms with Gasteiger partial charge >= 0.3 is 29.6 Å². The van der Waals surface area contributed by atoms with Gasteiger partial charge < -0.3 is 23.7 Å². The fourth-order valence-electron chi connectivity index (χ4n) is 3.23. The normalized spacial score (nSPS) is 24.9. The quantitative estimate of drug-likeness (QED) is 0.369. The zero-order valence-electron chi connectivity index (χ0n) is 17.5. The van der Waals surface area contributed by atoms with Gasteiger partial charge in [-0.3, -0.25) is 19.2 Å². The summed E-state index contributed by atoms with van der Waals surface area (Å²) in [4.78, 5) is 49.7. The SMILES string of the molecule is CC(=O)OC[C@H]1O[C@H](c2ccc([N+]#N)cc2)[C@@H](OC(C)=O)[C@@H](OC(C)=O)[C@@H]1OC(C)=O. The molecule has 1 aromatic rings. The lowest BCUT2D eigenvalue weighted by Crippen LogP contribution is -2.59. The van der Waals surface area contributed by atoms with Crippen LogP contribution < -0.4 is 0 Å². The Labute approximate surface area is 178 Å². The topological polar surface area (TPSA) is 143 Å². The van der Waals surface area contributed by atoms with Crippen LogP contribution in [0.5, 0.6) is 0 Å². The van der Waals surface area contributed by atoms with E-state index in [-0.39, 0.29) is 12.3 Å². The Morgan fingerprint density at radius 1 is 0.839 bits per heavy atom. The molecule has 166 valence electrons. The highest BCUT2D eigenvalue weighted by Gasteiger charge is 2.52. The van der Waals surface area contributed by atoms with E-state index in [9.17, 15) is 19.2 Å². The number of hydrogen-bond acceptors (Lipinski definition) is 10. The molecule has 0 unspecified atom stereocenters. The smallest absolute Gasteiger partial charge is 0.385 e. The van der Waals surface area contributed by atoms with Crippen molar-refractivity contribution in [2.75, 3.05) is 6.61 Å². The lowest BCUT2D eigenvalue weighted by Gasteiger charge is -2.44. The summed E-state index contributed by atoms with van der Waals surface area (Å²) in [7, 11) is 0. The van der Waals surface area contributed by atoms with E-state index in [1.54, 1.807) is 12.1 Å². The molecule has 2 rings (SSSR count). The zero-order valence-corrected chi connectivity index (χ0v) is 17.5. The third kappa shape index (κ3) is 6.48. The number of ether oxygens (including phenoxy) is 5. The Bertz CT molecular complexity index is 878. The minimum atomic E-state index is -1.24. The first-order valence-electron chi connectivity index (χ1n) is 9.38. The summed E-state index contributed by atoms with van der Waals surface area (Å²) in [5.41, 5.74) is 0.763. The molecule has 1 aromatic carbocycles. The molecule has 0 aromatic heterocycles. The average molecular weight is 435 g/mol. The predicted octanol–water partition coefficient (Wildman–Crippen LogP) is 1.97. The monoisotopic (exact) mass is 435 g/mol. The van der Waals surface area contributed by atoms with Crippen molar-refractivity contribution in [2.24, 2.45) is 0 Å². The molecule has 0 bridgehead atoms. The molecule has 1 fully saturated rings. The Balaban J connectivity index is 2.53. The molecule has 31 heavy (non-hydrogen) atoms. The lowest BCUT2D eigenvalue weighted by molar-refractivity contribution is -0.254. The van der Waals surface area contributed by atoms with Crippen LogP contribution in [0.2, 0.25) is 0 Å². The first-order chi connectivity index (χ1) is 14.6. The van der Waals surface area contributed by atoms with Crippen molar-refractivity contribution in [1.29, 1.82) is 5.39 Å². The van der Waals surface area contributed by atoms with E-state index in [1.807, 2.05) is 0 Å². The zero-order chi connectivity index (χ0) is 23.1. The third-order valence-electron chi connectivity index (χ3n) is 4.33. The van der Waals surface area contributed by atoms with Gasteiger partial charge in [0.25, 0.3) is 0 Å². The van der Waals surface area contributed by atoms with Gasteiger partial charge in [0.05, 0.1) is 0 Å². The van der Waals surface area contributed by atoms with Crippen molar-refractivity contribution >= 4 is 29.6 Å². The summed E-state index contributed by atoms with van der Waals surface area (Å²) in [6.45, 7) is 4.36. The van der Waals surface area contributed by atoms with Crippen molar-refractivity contribution in [3.05, 3.63) is 34.8 Å². The van der Waals surface area contributed by atoms with E-state index >= 15 is 0 Å². The van der Waals surface area contributed by atoms with Crippen molar-refractivity contribution in [3.63, 3.8) is 0 Å². The van der Waals surface area contributed by atoms with Crippen LogP contribution in [0.1, 0.15) is 39.4 Å². The summed E-state index contributed by atoms with van der Waals surface area (Å²) in [6.07, 6.45) is -5.65. The number of carbonyl (C=O) groups is 4. The van der Waals surface area contributed by atoms with Crippen LogP contribution in [-0.4, -0.2) is 54.9 Å². The minimum Gasteiger partial charge on any atom is -0.463 e. The number of benzene rings is 1. The Hall–Kier alpha value is -3.52. The molecule has 11 nitrogen and oxygen atoms in total. The summed E-state index contributed by atoms with van der Waals surface area (Å²) >= 11 is 0. The fraction of sp³-hybridized carbons (Fsp3) is 0.500. The van der Waals surface area contributed by atoms with E-state index < -0.39 is 54.4 Å². The molecule has 0 radical (unpaired) electrons. The third-order valence-corrected chi connectivity index (χ3v) is 4.33. The largest absolute Gasteiger partial charge is 0.463 e. The second kappa shape index (κ2) is 10.5. The van der Waals surface area contributed by atoms with Crippen LogP contribution in [-0.2, 0) is 42.9 Å². The van der Waals surface area contributed by atoms with Crippen molar-refractivity contribution in [3.8, 4) is 0 Å². The predicted molar refractivity (Wildman–Crippen MR) is 102 cm³/mol. The number of carbonyl (C=O) groups excluding carboxylic acids is 4. The summed E-state index contributed by atoms with van der Waals surface area (Å²) in [5.74, 6) is -2.69. The Morgan fingerprint density at radius 2 is 1.35 bits per heavy atom. The molecule has 0 aliphatic carbocycles. The van der Waals surface area contributed by atoms with E-state index in [0.717, 1.165) is 13.8 Å². The standard InChI is InChI=1S/C20H23N2O9/c1-10(23)27-9-16-18(28-11(2)24)20(30-13(4)26)19(29-12(3)25)17(31-16)14-5-7-15(22-21)8-6-14/h5-8,16-20H,9H2,1-4H3/q+1/t16-,17-,18-,19-,20+/m1/s1. The molecule has 1 aliphatic heterocycles. The molecule has 11 heteroatoms. The maximum absolute atomic E-state index is 11.8. The number of rotatable bonds is 6. The summed E-state index contributed by atoms with van der Waals surface area (Å²) in [6, 6.07) is 6.11. The van der Waals surface area contributed by atoms with Crippen LogP contribution >= 0.6 is 0 Å². The highest BCUT2D eigenvalue weighted by molar-refractivity contribution is 5.69. The van der Waals surface area contributed by atoms with E-state index in [0.29, 0.717) is 5.56 Å².